The van der Waals surface area contributed by atoms with Gasteiger partial charge in [0.25, 0.3) is 0 Å². The molecule has 2 saturated heterocycles. The molecule has 90 valence electrons. The summed E-state index contributed by atoms with van der Waals surface area (Å²) < 4.78 is -0.571. The van der Waals surface area contributed by atoms with E-state index in [2.05, 4.69) is 0 Å². The molecule has 2 atom stereocenters. The van der Waals surface area contributed by atoms with Crippen LogP contribution in [0, 0.1) is 0 Å². The predicted molar refractivity (Wildman–Crippen MR) is 59.0 cm³/mol. The zero-order valence-electron chi connectivity index (χ0n) is 9.27. The van der Waals surface area contributed by atoms with Crippen LogP contribution < -0.4 is 0 Å². The van der Waals surface area contributed by atoms with Crippen LogP contribution in [0.3, 0.4) is 0 Å². The first-order valence-corrected chi connectivity index (χ1v) is 6.09. The van der Waals surface area contributed by atoms with Gasteiger partial charge >= 0.3 is 5.97 Å². The Morgan fingerprint density at radius 1 is 1.62 bits per heavy atom. The summed E-state index contributed by atoms with van der Waals surface area (Å²) in [6.45, 7) is 3.42. The molecule has 2 aliphatic rings. The van der Waals surface area contributed by atoms with Crippen LogP contribution in [0.2, 0.25) is 0 Å². The van der Waals surface area contributed by atoms with Gasteiger partial charge in [0.15, 0.2) is 5.54 Å². The van der Waals surface area contributed by atoms with E-state index < -0.39 is 16.3 Å². The smallest absolute Gasteiger partial charge is 0.331 e. The van der Waals surface area contributed by atoms with Crippen LogP contribution in [0.4, 0.5) is 0 Å². The Hall–Kier alpha value is -0.750. The highest BCUT2D eigenvalue weighted by Crippen LogP contribution is 2.57. The van der Waals surface area contributed by atoms with Crippen LogP contribution in [-0.4, -0.2) is 49.3 Å². The van der Waals surface area contributed by atoms with Crippen molar-refractivity contribution in [1.82, 2.24) is 4.90 Å². The second-order valence-corrected chi connectivity index (χ2v) is 6.49. The van der Waals surface area contributed by atoms with Gasteiger partial charge in [-0.15, -0.1) is 11.8 Å². The molecule has 0 unspecified atom stereocenters. The number of aliphatic hydroxyl groups is 1. The number of amides is 1. The van der Waals surface area contributed by atoms with Gasteiger partial charge in [-0.25, -0.2) is 4.79 Å². The van der Waals surface area contributed by atoms with E-state index in [0.717, 1.165) is 0 Å². The minimum atomic E-state index is -1.26. The zero-order chi connectivity index (χ0) is 12.1. The van der Waals surface area contributed by atoms with E-state index in [9.17, 15) is 14.7 Å². The van der Waals surface area contributed by atoms with E-state index >= 15 is 0 Å². The molecule has 0 saturated carbocycles. The average molecular weight is 245 g/mol. The molecule has 0 aromatic heterocycles. The molecule has 6 heteroatoms. The Bertz CT molecular complexity index is 357. The van der Waals surface area contributed by atoms with Crippen LogP contribution in [0.15, 0.2) is 0 Å². The van der Waals surface area contributed by atoms with Crippen molar-refractivity contribution in [2.24, 2.45) is 0 Å². The maximum Gasteiger partial charge on any atom is 0.331 e. The Morgan fingerprint density at radius 3 is 2.69 bits per heavy atom. The number of fused-ring (bicyclic) bond motifs is 1. The van der Waals surface area contributed by atoms with Gasteiger partial charge in [-0.2, -0.15) is 0 Å². The summed E-state index contributed by atoms with van der Waals surface area (Å²) in [7, 11) is 0. The number of hydrogen-bond donors (Lipinski definition) is 2. The molecule has 0 aromatic carbocycles. The summed E-state index contributed by atoms with van der Waals surface area (Å²) in [6.07, 6.45) is 0.499. The SMILES string of the molecule is CC1(C)S[C@@H]2CC(=O)N2[C@@]1(CCO)C(=O)O. The van der Waals surface area contributed by atoms with E-state index in [1.165, 1.54) is 16.7 Å². The van der Waals surface area contributed by atoms with Crippen LogP contribution in [-0.2, 0) is 9.59 Å². The number of hydrogen-bond acceptors (Lipinski definition) is 4. The number of β-lactam (4-membered cyclic amide) rings is 1. The summed E-state index contributed by atoms with van der Waals surface area (Å²) in [5.41, 5.74) is -1.26. The number of rotatable bonds is 3. The third kappa shape index (κ3) is 1.17. The molecule has 1 amide bonds. The van der Waals surface area contributed by atoms with E-state index in [1.807, 2.05) is 13.8 Å². The molecule has 2 N–H and O–H groups in total. The lowest BCUT2D eigenvalue weighted by atomic mass is 9.79. The summed E-state index contributed by atoms with van der Waals surface area (Å²) in [6, 6.07) is 0. The largest absolute Gasteiger partial charge is 0.479 e. The number of thioether (sulfide) groups is 1. The number of carbonyl (C=O) groups is 2. The van der Waals surface area contributed by atoms with E-state index in [-0.39, 0.29) is 24.3 Å². The highest BCUT2D eigenvalue weighted by molar-refractivity contribution is 8.01. The summed E-state index contributed by atoms with van der Waals surface area (Å²) in [4.78, 5) is 24.5. The van der Waals surface area contributed by atoms with E-state index in [4.69, 9.17) is 5.11 Å². The molecule has 0 radical (unpaired) electrons. The second-order valence-electron chi connectivity index (χ2n) is 4.69. The highest BCUT2D eigenvalue weighted by Gasteiger charge is 2.68. The number of carboxylic acids is 1. The van der Waals surface area contributed by atoms with Crippen molar-refractivity contribution in [3.8, 4) is 0 Å². The summed E-state index contributed by atoms with van der Waals surface area (Å²) in [5.74, 6) is -1.14. The molecule has 5 nitrogen and oxygen atoms in total. The summed E-state index contributed by atoms with van der Waals surface area (Å²) >= 11 is 1.51. The van der Waals surface area contributed by atoms with Gasteiger partial charge in [-0.1, -0.05) is 0 Å². The molecule has 0 spiro atoms. The first kappa shape index (κ1) is 11.7. The minimum absolute atomic E-state index is 0.0369. The molecule has 0 aliphatic carbocycles. The van der Waals surface area contributed by atoms with Crippen LogP contribution >= 0.6 is 11.8 Å². The lowest BCUT2D eigenvalue weighted by molar-refractivity contribution is -0.169. The number of carboxylic acid groups (broad SMARTS) is 1. The fourth-order valence-electron chi connectivity index (χ4n) is 2.72. The third-order valence-corrected chi connectivity index (χ3v) is 5.15. The minimum Gasteiger partial charge on any atom is -0.479 e. The van der Waals surface area contributed by atoms with Crippen molar-refractivity contribution in [2.45, 2.75) is 42.3 Å². The number of nitrogens with zero attached hydrogens (tertiary/aromatic N) is 1. The molecular weight excluding hydrogens is 230 g/mol. The Balaban J connectivity index is 2.46. The molecular formula is C10H15NO4S. The number of aliphatic carboxylic acids is 1. The van der Waals surface area contributed by atoms with Crippen molar-refractivity contribution >= 4 is 23.6 Å². The average Bonchev–Trinajstić information content (AvgIpc) is 2.32. The second kappa shape index (κ2) is 3.37. The standard InChI is InChI=1S/C10H15NO4S/c1-9(2)10(3-4-12,8(14)15)11-6(13)5-7(11)16-9/h7,12H,3-5H2,1-2H3,(H,14,15)/t7-,10+/m1/s1. The van der Waals surface area contributed by atoms with Crippen LogP contribution in [0.25, 0.3) is 0 Å². The van der Waals surface area contributed by atoms with Gasteiger partial charge in [-0.05, 0) is 13.8 Å². The summed E-state index contributed by atoms with van der Waals surface area (Å²) in [5, 5.41) is 18.5. The fourth-order valence-corrected chi connectivity index (χ4v) is 4.51. The lowest BCUT2D eigenvalue weighted by Crippen LogP contribution is -2.67. The highest BCUT2D eigenvalue weighted by atomic mass is 32.2. The van der Waals surface area contributed by atoms with Crippen molar-refractivity contribution < 1.29 is 19.8 Å². The van der Waals surface area contributed by atoms with Crippen molar-refractivity contribution in [2.75, 3.05) is 6.61 Å². The Morgan fingerprint density at radius 2 is 2.25 bits per heavy atom. The fraction of sp³-hybridized carbons (Fsp3) is 0.800. The van der Waals surface area contributed by atoms with Crippen LogP contribution in [0.5, 0.6) is 0 Å². The Kier molecular flexibility index (Phi) is 2.47. The van der Waals surface area contributed by atoms with E-state index in [1.54, 1.807) is 0 Å². The predicted octanol–water partition coefficient (Wildman–Crippen LogP) is 0.276. The molecule has 2 fully saturated rings. The first-order valence-electron chi connectivity index (χ1n) is 5.21. The van der Waals surface area contributed by atoms with Crippen molar-refractivity contribution in [3.63, 3.8) is 0 Å². The molecule has 2 aliphatic heterocycles. The topological polar surface area (TPSA) is 77.8 Å². The van der Waals surface area contributed by atoms with Gasteiger partial charge in [-0.3, -0.25) is 4.79 Å². The van der Waals surface area contributed by atoms with Gasteiger partial charge in [0.2, 0.25) is 5.91 Å². The van der Waals surface area contributed by atoms with Gasteiger partial charge in [0.1, 0.15) is 0 Å². The van der Waals surface area contributed by atoms with Crippen LogP contribution in [0.1, 0.15) is 26.7 Å². The monoisotopic (exact) mass is 245 g/mol. The normalized spacial score (nSPS) is 35.8. The molecule has 2 heterocycles. The molecule has 0 aromatic rings. The first-order chi connectivity index (χ1) is 7.37. The molecule has 0 bridgehead atoms. The number of carbonyl (C=O) groups excluding carboxylic acids is 1. The quantitative estimate of drug-likeness (QED) is 0.698. The van der Waals surface area contributed by atoms with Gasteiger partial charge in [0, 0.05) is 17.8 Å². The van der Waals surface area contributed by atoms with Crippen molar-refractivity contribution in [1.29, 1.82) is 0 Å². The molecule has 16 heavy (non-hydrogen) atoms. The lowest BCUT2D eigenvalue weighted by Gasteiger charge is -2.46. The van der Waals surface area contributed by atoms with E-state index in [0.29, 0.717) is 6.42 Å². The van der Waals surface area contributed by atoms with Gasteiger partial charge < -0.3 is 15.1 Å². The Labute approximate surface area is 97.8 Å². The number of aliphatic hydroxyl groups excluding tert-OH is 1. The van der Waals surface area contributed by atoms with Gasteiger partial charge in [0.05, 0.1) is 11.8 Å². The maximum atomic E-state index is 11.6. The third-order valence-electron chi connectivity index (χ3n) is 3.57. The zero-order valence-corrected chi connectivity index (χ0v) is 10.1. The molecule has 2 rings (SSSR count). The maximum absolute atomic E-state index is 11.6. The van der Waals surface area contributed by atoms with Crippen molar-refractivity contribution in [3.05, 3.63) is 0 Å².